The van der Waals surface area contributed by atoms with Crippen LogP contribution in [-0.4, -0.2) is 49.5 Å². The van der Waals surface area contributed by atoms with Crippen LogP contribution >= 0.6 is 0 Å². The molecule has 5 atom stereocenters. The van der Waals surface area contributed by atoms with Crippen LogP contribution in [0, 0.1) is 11.8 Å². The fraction of sp³-hybridized carbons (Fsp3) is 0.316. The molecule has 0 aliphatic heterocycles. The van der Waals surface area contributed by atoms with Crippen molar-refractivity contribution in [3.63, 3.8) is 0 Å². The van der Waals surface area contributed by atoms with E-state index in [2.05, 4.69) is 0 Å². The first-order valence-corrected chi connectivity index (χ1v) is 8.84. The number of aliphatic hydroxyl groups excluding tert-OH is 2. The summed E-state index contributed by atoms with van der Waals surface area (Å²) in [5.74, 6) is -7.73. The zero-order valence-corrected chi connectivity index (χ0v) is 15.0. The third kappa shape index (κ3) is 2.18. The molecule has 0 bridgehead atoms. The van der Waals surface area contributed by atoms with Crippen molar-refractivity contribution in [2.45, 2.75) is 24.1 Å². The fourth-order valence-corrected chi connectivity index (χ4v) is 4.74. The molecule has 1 amide bonds. The summed E-state index contributed by atoms with van der Waals surface area (Å²) in [6, 6.07) is 2.08. The molecule has 0 saturated heterocycles. The van der Waals surface area contributed by atoms with Crippen LogP contribution in [0.15, 0.2) is 40.9 Å². The zero-order valence-electron chi connectivity index (χ0n) is 15.0. The lowest BCUT2D eigenvalue weighted by Crippen LogP contribution is -2.63. The van der Waals surface area contributed by atoms with Crippen molar-refractivity contribution in [1.29, 1.82) is 0 Å². The molecule has 29 heavy (non-hydrogen) atoms. The Labute approximate surface area is 163 Å². The Bertz CT molecular complexity index is 1060. The predicted octanol–water partition coefficient (Wildman–Crippen LogP) is -1.02. The lowest BCUT2D eigenvalue weighted by molar-refractivity contribution is -0.145. The molecule has 0 saturated carbocycles. The maximum absolute atomic E-state index is 13.1. The Morgan fingerprint density at radius 1 is 1.10 bits per heavy atom. The number of nitrogens with two attached hydrogens (primary N) is 3. The van der Waals surface area contributed by atoms with Gasteiger partial charge in [0.1, 0.15) is 22.8 Å². The highest BCUT2D eigenvalue weighted by Crippen LogP contribution is 2.53. The minimum absolute atomic E-state index is 0.138. The van der Waals surface area contributed by atoms with E-state index >= 15 is 0 Å². The highest BCUT2D eigenvalue weighted by atomic mass is 16.3. The average molecular weight is 401 g/mol. The first-order chi connectivity index (χ1) is 13.5. The molecular formula is C19H19N3O7. The Kier molecular flexibility index (Phi) is 3.89. The van der Waals surface area contributed by atoms with E-state index in [9.17, 15) is 34.8 Å². The second kappa shape index (κ2) is 5.89. The van der Waals surface area contributed by atoms with Crippen molar-refractivity contribution in [3.8, 4) is 5.75 Å². The third-order valence-corrected chi connectivity index (χ3v) is 6.20. The molecule has 10 nitrogen and oxygen atoms in total. The summed E-state index contributed by atoms with van der Waals surface area (Å²) in [4.78, 5) is 37.6. The lowest BCUT2D eigenvalue weighted by atomic mass is 9.58. The number of amides is 1. The average Bonchev–Trinajstić information content (AvgIpc) is 2.66. The van der Waals surface area contributed by atoms with Crippen molar-refractivity contribution < 1.29 is 34.8 Å². The Balaban J connectivity index is 1.98. The van der Waals surface area contributed by atoms with Crippen molar-refractivity contribution in [3.05, 3.63) is 52.0 Å². The van der Waals surface area contributed by atoms with Gasteiger partial charge >= 0.3 is 0 Å². The number of phenolic OH excluding ortho intramolecular Hbond substituents is 1. The van der Waals surface area contributed by atoms with Crippen molar-refractivity contribution in [2.75, 3.05) is 0 Å². The van der Waals surface area contributed by atoms with Gasteiger partial charge in [0.05, 0.1) is 11.6 Å². The summed E-state index contributed by atoms with van der Waals surface area (Å²) in [7, 11) is 0. The van der Waals surface area contributed by atoms with Crippen LogP contribution in [0.1, 0.15) is 28.4 Å². The summed E-state index contributed by atoms with van der Waals surface area (Å²) in [6.45, 7) is 0. The number of ketones is 2. The van der Waals surface area contributed by atoms with E-state index < -0.39 is 64.1 Å². The quantitative estimate of drug-likeness (QED) is 0.286. The molecule has 0 aromatic heterocycles. The fourth-order valence-electron chi connectivity index (χ4n) is 4.74. The number of aromatic hydroxyl groups is 1. The number of phenols is 1. The van der Waals surface area contributed by atoms with Gasteiger partial charge < -0.3 is 37.6 Å². The number of fused-ring (bicyclic) bond motifs is 3. The van der Waals surface area contributed by atoms with Crippen LogP contribution in [-0.2, 0) is 9.59 Å². The zero-order chi connectivity index (χ0) is 21.4. The highest BCUT2D eigenvalue weighted by Gasteiger charge is 2.63. The first kappa shape index (κ1) is 19.1. The van der Waals surface area contributed by atoms with Crippen molar-refractivity contribution in [1.82, 2.24) is 0 Å². The van der Waals surface area contributed by atoms with Crippen molar-refractivity contribution >= 4 is 17.5 Å². The van der Waals surface area contributed by atoms with Gasteiger partial charge in [-0.2, -0.15) is 0 Å². The molecule has 0 unspecified atom stereocenters. The number of aliphatic hydroxyl groups is 3. The maximum Gasteiger partial charge on any atom is 0.255 e. The molecule has 1 aromatic carbocycles. The van der Waals surface area contributed by atoms with Gasteiger partial charge in [-0.05, 0) is 18.1 Å². The number of hydrogen-bond donors (Lipinski definition) is 7. The van der Waals surface area contributed by atoms with E-state index in [-0.39, 0.29) is 23.3 Å². The molecular weight excluding hydrogens is 382 g/mol. The molecule has 0 spiro atoms. The highest BCUT2D eigenvalue weighted by molar-refractivity contribution is 6.24. The summed E-state index contributed by atoms with van der Waals surface area (Å²) in [5.41, 5.74) is 13.6. The maximum atomic E-state index is 13.1. The van der Waals surface area contributed by atoms with Crippen LogP contribution in [0.2, 0.25) is 0 Å². The monoisotopic (exact) mass is 401 g/mol. The van der Waals surface area contributed by atoms with E-state index in [1.54, 1.807) is 6.07 Å². The third-order valence-electron chi connectivity index (χ3n) is 6.20. The Morgan fingerprint density at radius 2 is 1.76 bits per heavy atom. The van der Waals surface area contributed by atoms with Crippen molar-refractivity contribution in [2.24, 2.45) is 29.0 Å². The summed E-state index contributed by atoms with van der Waals surface area (Å²) in [6.07, 6.45) is -0.138. The van der Waals surface area contributed by atoms with Gasteiger partial charge in [0, 0.05) is 23.5 Å². The van der Waals surface area contributed by atoms with Gasteiger partial charge in [0.25, 0.3) is 5.91 Å². The SMILES string of the molecule is NC(=O)C1=C(O)[C@@H](N)[C@@H]2C[C@H]3C(=C(O)[C@]2(O)C1=O)C(=O)c1c(O)cccc1[C@@H]3N. The number of hydrogen-bond acceptors (Lipinski definition) is 9. The van der Waals surface area contributed by atoms with Gasteiger partial charge in [-0.15, -0.1) is 0 Å². The van der Waals surface area contributed by atoms with Gasteiger partial charge in [-0.3, -0.25) is 14.4 Å². The minimum atomic E-state index is -2.74. The lowest BCUT2D eigenvalue weighted by Gasteiger charge is -2.49. The van der Waals surface area contributed by atoms with Crippen LogP contribution in [0.25, 0.3) is 0 Å². The number of carbonyl (C=O) groups is 3. The Morgan fingerprint density at radius 3 is 2.38 bits per heavy atom. The molecule has 0 heterocycles. The molecule has 152 valence electrons. The van der Waals surface area contributed by atoms with Gasteiger partial charge in [0.15, 0.2) is 11.4 Å². The smallest absolute Gasteiger partial charge is 0.255 e. The second-order valence-corrected chi connectivity index (χ2v) is 7.55. The van der Waals surface area contributed by atoms with Gasteiger partial charge in [-0.1, -0.05) is 12.1 Å². The summed E-state index contributed by atoms with van der Waals surface area (Å²) in [5, 5.41) is 42.4. The Hall–Kier alpha value is -3.21. The van der Waals surface area contributed by atoms with E-state index in [0.717, 1.165) is 0 Å². The molecule has 0 fully saturated rings. The molecule has 0 radical (unpaired) electrons. The van der Waals surface area contributed by atoms with Crippen LogP contribution < -0.4 is 17.2 Å². The number of rotatable bonds is 1. The number of benzene rings is 1. The van der Waals surface area contributed by atoms with Gasteiger partial charge in [0.2, 0.25) is 5.78 Å². The summed E-state index contributed by atoms with van der Waals surface area (Å²) < 4.78 is 0. The van der Waals surface area contributed by atoms with Gasteiger partial charge in [-0.25, -0.2) is 0 Å². The number of Topliss-reactive ketones (excluding diaryl/α,β-unsaturated/α-hetero) is 2. The number of primary amides is 1. The van der Waals surface area contributed by atoms with E-state index in [1.807, 2.05) is 0 Å². The standard InChI is InChI=1S/C19H19N3O7/c20-12-5-2-1-3-8(23)9(5)14(24)10-6(12)4-7-13(21)15(25)11(18(22)28)17(27)19(7,29)16(10)26/h1-3,6-7,12-13,23,25-26,29H,4,20-21H2,(H2,22,28)/t6-,7-,12-,13-,19-/m0/s1. The first-order valence-electron chi connectivity index (χ1n) is 8.84. The van der Waals surface area contributed by atoms with Crippen LogP contribution in [0.3, 0.4) is 0 Å². The molecule has 10 N–H and O–H groups in total. The molecule has 10 heteroatoms. The molecule has 3 aliphatic carbocycles. The van der Waals surface area contributed by atoms with Crippen LogP contribution in [0.4, 0.5) is 0 Å². The van der Waals surface area contributed by atoms with E-state index in [4.69, 9.17) is 17.2 Å². The normalized spacial score (nSPS) is 33.9. The largest absolute Gasteiger partial charge is 0.510 e. The van der Waals surface area contributed by atoms with E-state index in [0.29, 0.717) is 5.56 Å². The van der Waals surface area contributed by atoms with E-state index in [1.165, 1.54) is 12.1 Å². The second-order valence-electron chi connectivity index (χ2n) is 7.55. The molecule has 1 aromatic rings. The van der Waals surface area contributed by atoms with Crippen LogP contribution in [0.5, 0.6) is 5.75 Å². The minimum Gasteiger partial charge on any atom is -0.510 e. The predicted molar refractivity (Wildman–Crippen MR) is 97.4 cm³/mol. The molecule has 3 aliphatic rings. The summed E-state index contributed by atoms with van der Waals surface area (Å²) >= 11 is 0. The molecule has 4 rings (SSSR count). The number of carbonyl (C=O) groups excluding carboxylic acids is 3. The topological polar surface area (TPSA) is 210 Å².